The summed E-state index contributed by atoms with van der Waals surface area (Å²) in [4.78, 5) is 51.2. The van der Waals surface area contributed by atoms with Crippen LogP contribution in [-0.4, -0.2) is 48.1 Å². The lowest BCUT2D eigenvalue weighted by Crippen LogP contribution is -2.33. The summed E-state index contributed by atoms with van der Waals surface area (Å²) in [5.74, 6) is -1.92. The lowest BCUT2D eigenvalue weighted by molar-refractivity contribution is -0.198. The molecule has 2 atom stereocenters. The molecular formula is C32H31NO8. The van der Waals surface area contributed by atoms with E-state index in [0.29, 0.717) is 5.06 Å². The highest BCUT2D eigenvalue weighted by Crippen LogP contribution is 2.27. The van der Waals surface area contributed by atoms with Gasteiger partial charge in [-0.3, -0.25) is 14.4 Å². The highest BCUT2D eigenvalue weighted by atomic mass is 16.7. The third kappa shape index (κ3) is 6.63. The lowest BCUT2D eigenvalue weighted by Gasteiger charge is -2.17. The Kier molecular flexibility index (Phi) is 8.87. The molecule has 1 aliphatic rings. The Morgan fingerprint density at radius 1 is 0.683 bits per heavy atom. The summed E-state index contributed by atoms with van der Waals surface area (Å²) in [6, 6.07) is 22.7. The molecule has 9 heteroatoms. The van der Waals surface area contributed by atoms with E-state index < -0.39 is 35.6 Å². The number of ether oxygens (including phenoxy) is 2. The second kappa shape index (κ2) is 12.5. The summed E-state index contributed by atoms with van der Waals surface area (Å²) in [5, 5.41) is 13.6. The molecule has 4 aromatic carbocycles. The number of rotatable bonds is 7. The Hall–Kier alpha value is -4.92. The van der Waals surface area contributed by atoms with E-state index in [0.717, 1.165) is 44.2 Å². The quantitative estimate of drug-likeness (QED) is 0.292. The fourth-order valence-electron chi connectivity index (χ4n) is 4.38. The lowest BCUT2D eigenvalue weighted by atomic mass is 9.98. The normalized spacial score (nSPS) is 14.3. The fourth-order valence-corrected chi connectivity index (χ4v) is 4.38. The minimum absolute atomic E-state index is 0.0816. The van der Waals surface area contributed by atoms with E-state index in [1.165, 1.54) is 0 Å². The van der Waals surface area contributed by atoms with Crippen molar-refractivity contribution in [3.8, 4) is 11.5 Å². The van der Waals surface area contributed by atoms with Crippen molar-refractivity contribution in [2.75, 3.05) is 14.2 Å². The van der Waals surface area contributed by atoms with E-state index in [9.17, 15) is 19.2 Å². The summed E-state index contributed by atoms with van der Waals surface area (Å²) < 4.78 is 10.3. The van der Waals surface area contributed by atoms with Gasteiger partial charge in [0.05, 0.1) is 26.1 Å². The van der Waals surface area contributed by atoms with Crippen LogP contribution in [0.5, 0.6) is 11.5 Å². The molecule has 9 nitrogen and oxygen atoms in total. The topological polar surface area (TPSA) is 119 Å². The number of benzene rings is 4. The van der Waals surface area contributed by atoms with Gasteiger partial charge in [0.15, 0.2) is 0 Å². The number of fused-ring (bicyclic) bond motifs is 2. The molecule has 212 valence electrons. The number of hydroxylamine groups is 2. The maximum atomic E-state index is 12.2. The maximum Gasteiger partial charge on any atom is 0.340 e. The maximum absolute atomic E-state index is 12.2. The molecular weight excluding hydrogens is 526 g/mol. The molecule has 1 N–H and O–H groups in total. The minimum atomic E-state index is -0.808. The van der Waals surface area contributed by atoms with Gasteiger partial charge in [0, 0.05) is 12.8 Å². The Bertz CT molecular complexity index is 1610. The molecule has 1 heterocycles. The number of carboxylic acid groups (broad SMARTS) is 1. The zero-order chi connectivity index (χ0) is 29.7. The molecule has 1 saturated heterocycles. The Morgan fingerprint density at radius 2 is 1.10 bits per heavy atom. The molecule has 0 saturated carbocycles. The average Bonchev–Trinajstić information content (AvgIpc) is 3.31. The second-order valence-electron chi connectivity index (χ2n) is 9.72. The number of hydrogen-bond donors (Lipinski definition) is 1. The van der Waals surface area contributed by atoms with Crippen LogP contribution < -0.4 is 9.47 Å². The first kappa shape index (κ1) is 29.1. The van der Waals surface area contributed by atoms with Crippen LogP contribution in [0.25, 0.3) is 21.5 Å². The van der Waals surface area contributed by atoms with Gasteiger partial charge >= 0.3 is 11.9 Å². The van der Waals surface area contributed by atoms with Gasteiger partial charge in [-0.05, 0) is 70.8 Å². The van der Waals surface area contributed by atoms with Crippen molar-refractivity contribution in [3.63, 3.8) is 0 Å². The zero-order valence-corrected chi connectivity index (χ0v) is 23.2. The first-order valence-corrected chi connectivity index (χ1v) is 13.1. The number of methoxy groups -OCH3 is 2. The molecule has 4 aromatic rings. The van der Waals surface area contributed by atoms with Crippen molar-refractivity contribution in [3.05, 3.63) is 83.9 Å². The third-order valence-electron chi connectivity index (χ3n) is 7.05. The Morgan fingerprint density at radius 3 is 1.54 bits per heavy atom. The number of carboxylic acids is 1. The van der Waals surface area contributed by atoms with E-state index in [1.54, 1.807) is 28.1 Å². The van der Waals surface area contributed by atoms with Crippen LogP contribution in [-0.2, 0) is 24.0 Å². The van der Waals surface area contributed by atoms with Gasteiger partial charge in [0.2, 0.25) is 0 Å². The highest BCUT2D eigenvalue weighted by molar-refractivity contribution is 6.02. The molecule has 5 rings (SSSR count). The molecule has 1 fully saturated rings. The van der Waals surface area contributed by atoms with Crippen LogP contribution in [0.15, 0.2) is 72.8 Å². The third-order valence-corrected chi connectivity index (χ3v) is 7.05. The predicted octanol–water partition coefficient (Wildman–Crippen LogP) is 5.60. The smallest absolute Gasteiger partial charge is 0.340 e. The number of aliphatic carboxylic acids is 1. The SMILES string of the molecule is COc1ccc2cc([C@H](C)C(=O)O)ccc2c1.COc1ccc2cc([C@H](C)C(=O)ON3C(=O)CCC3=O)ccc2c1. The van der Waals surface area contributed by atoms with Gasteiger partial charge in [-0.1, -0.05) is 48.5 Å². The van der Waals surface area contributed by atoms with Crippen LogP contribution >= 0.6 is 0 Å². The van der Waals surface area contributed by atoms with Crippen molar-refractivity contribution in [2.45, 2.75) is 38.5 Å². The van der Waals surface area contributed by atoms with Crippen LogP contribution in [0.2, 0.25) is 0 Å². The summed E-state index contributed by atoms with van der Waals surface area (Å²) in [5.41, 5.74) is 1.56. The van der Waals surface area contributed by atoms with Gasteiger partial charge in [0.1, 0.15) is 11.5 Å². The summed E-state index contributed by atoms with van der Waals surface area (Å²) in [6.45, 7) is 3.37. The van der Waals surface area contributed by atoms with Gasteiger partial charge in [-0.15, -0.1) is 5.06 Å². The van der Waals surface area contributed by atoms with Gasteiger partial charge < -0.3 is 19.4 Å². The van der Waals surface area contributed by atoms with Crippen molar-refractivity contribution < 1.29 is 38.6 Å². The van der Waals surface area contributed by atoms with Crippen molar-refractivity contribution in [1.82, 2.24) is 5.06 Å². The van der Waals surface area contributed by atoms with E-state index >= 15 is 0 Å². The standard InChI is InChI=1S/C18H17NO5.C14H14O3/c1-11(18(22)24-19-16(20)7-8-17(19)21)12-3-4-14-10-15(23-2)6-5-13(14)9-12;1-9(14(15)16)10-3-4-12-8-13(17-2)6-5-11(12)7-10/h3-6,9-11H,7-8H2,1-2H3;3-9H,1-2H3,(H,15,16)/t11-;9-/m00/s1. The number of hydrogen-bond acceptors (Lipinski definition) is 7. The first-order valence-electron chi connectivity index (χ1n) is 13.1. The first-order chi connectivity index (χ1) is 19.6. The van der Waals surface area contributed by atoms with E-state index in [1.807, 2.05) is 72.8 Å². The summed E-state index contributed by atoms with van der Waals surface area (Å²) in [7, 11) is 3.23. The average molecular weight is 558 g/mol. The van der Waals surface area contributed by atoms with E-state index in [-0.39, 0.29) is 12.8 Å². The molecule has 1 aliphatic heterocycles. The molecule has 0 spiro atoms. The number of imide groups is 1. The van der Waals surface area contributed by atoms with Crippen LogP contribution in [0.1, 0.15) is 49.7 Å². The summed E-state index contributed by atoms with van der Waals surface area (Å²) in [6.07, 6.45) is 0.163. The van der Waals surface area contributed by atoms with Crippen LogP contribution in [0.4, 0.5) is 0 Å². The second-order valence-corrected chi connectivity index (χ2v) is 9.72. The highest BCUT2D eigenvalue weighted by Gasteiger charge is 2.34. The van der Waals surface area contributed by atoms with Crippen molar-refractivity contribution in [2.24, 2.45) is 0 Å². The zero-order valence-electron chi connectivity index (χ0n) is 23.2. The molecule has 41 heavy (non-hydrogen) atoms. The Labute approximate surface area is 237 Å². The molecule has 0 radical (unpaired) electrons. The van der Waals surface area contributed by atoms with E-state index in [2.05, 4.69) is 0 Å². The number of carbonyl (C=O) groups excluding carboxylic acids is 3. The minimum Gasteiger partial charge on any atom is -0.497 e. The molecule has 0 aliphatic carbocycles. The fraction of sp³-hybridized carbons (Fsp3) is 0.250. The van der Waals surface area contributed by atoms with E-state index in [4.69, 9.17) is 19.4 Å². The monoisotopic (exact) mass is 557 g/mol. The Balaban J connectivity index is 0.000000201. The number of carbonyl (C=O) groups is 4. The van der Waals surface area contributed by atoms with Gasteiger partial charge in [-0.25, -0.2) is 4.79 Å². The number of nitrogens with zero attached hydrogens (tertiary/aromatic N) is 1. The largest absolute Gasteiger partial charge is 0.497 e. The van der Waals surface area contributed by atoms with Gasteiger partial charge in [-0.2, -0.15) is 0 Å². The summed E-state index contributed by atoms with van der Waals surface area (Å²) >= 11 is 0. The van der Waals surface area contributed by atoms with Crippen molar-refractivity contribution in [1.29, 1.82) is 0 Å². The van der Waals surface area contributed by atoms with Gasteiger partial charge in [0.25, 0.3) is 11.8 Å². The number of amides is 2. The molecule has 0 aromatic heterocycles. The molecule has 2 amide bonds. The predicted molar refractivity (Wildman–Crippen MR) is 153 cm³/mol. The molecule has 0 bridgehead atoms. The van der Waals surface area contributed by atoms with Crippen molar-refractivity contribution >= 4 is 45.3 Å². The van der Waals surface area contributed by atoms with Crippen LogP contribution in [0.3, 0.4) is 0 Å². The van der Waals surface area contributed by atoms with Crippen LogP contribution in [0, 0.1) is 0 Å². The molecule has 0 unspecified atom stereocenters.